The van der Waals surface area contributed by atoms with Crippen LogP contribution in [0.2, 0.25) is 0 Å². The number of amides is 1. The predicted octanol–water partition coefficient (Wildman–Crippen LogP) is 2.24. The number of sulfone groups is 1. The van der Waals surface area contributed by atoms with Crippen LogP contribution in [0, 0.1) is 5.92 Å². The molecule has 1 aliphatic heterocycles. The lowest BCUT2D eigenvalue weighted by Crippen LogP contribution is -2.34. The van der Waals surface area contributed by atoms with Gasteiger partial charge in [-0.3, -0.25) is 4.79 Å². The van der Waals surface area contributed by atoms with Crippen LogP contribution in [0.5, 0.6) is 5.75 Å². The molecule has 1 saturated heterocycles. The van der Waals surface area contributed by atoms with Crippen LogP contribution in [0.1, 0.15) is 26.7 Å². The van der Waals surface area contributed by atoms with Crippen molar-refractivity contribution < 1.29 is 17.9 Å². The average molecular weight is 311 g/mol. The molecule has 5 nitrogen and oxygen atoms in total. The Bertz CT molecular complexity index is 593. The van der Waals surface area contributed by atoms with Gasteiger partial charge in [-0.1, -0.05) is 0 Å². The third-order valence-electron chi connectivity index (χ3n) is 3.33. The molecule has 1 atom stereocenters. The van der Waals surface area contributed by atoms with Gasteiger partial charge in [-0.05, 0) is 51.0 Å². The Morgan fingerprint density at radius 2 is 1.95 bits per heavy atom. The molecule has 0 aliphatic carbocycles. The molecule has 0 bridgehead atoms. The molecule has 1 aromatic rings. The highest BCUT2D eigenvalue weighted by atomic mass is 32.2. The Morgan fingerprint density at radius 1 is 1.29 bits per heavy atom. The van der Waals surface area contributed by atoms with Crippen molar-refractivity contribution in [2.75, 3.05) is 16.8 Å². The van der Waals surface area contributed by atoms with Gasteiger partial charge in [0.25, 0.3) is 0 Å². The zero-order valence-electron chi connectivity index (χ0n) is 12.3. The second-order valence-corrected chi connectivity index (χ2v) is 7.86. The zero-order valence-corrected chi connectivity index (χ0v) is 13.2. The van der Waals surface area contributed by atoms with Crippen LogP contribution in [-0.4, -0.2) is 31.9 Å². The fourth-order valence-electron chi connectivity index (χ4n) is 2.36. The summed E-state index contributed by atoms with van der Waals surface area (Å²) in [6.45, 7) is 3.89. The molecule has 1 fully saturated rings. The number of carbonyl (C=O) groups excluding carboxylic acids is 1. The lowest BCUT2D eigenvalue weighted by atomic mass is 10.0. The molecule has 21 heavy (non-hydrogen) atoms. The molecule has 0 aromatic heterocycles. The van der Waals surface area contributed by atoms with Gasteiger partial charge in [0.1, 0.15) is 5.75 Å². The van der Waals surface area contributed by atoms with Gasteiger partial charge >= 0.3 is 0 Å². The molecule has 6 heteroatoms. The van der Waals surface area contributed by atoms with Crippen LogP contribution in [0.3, 0.4) is 0 Å². The molecular formula is C15H21NO4S. The topological polar surface area (TPSA) is 72.5 Å². The van der Waals surface area contributed by atoms with Crippen molar-refractivity contribution in [2.24, 2.45) is 5.92 Å². The zero-order chi connectivity index (χ0) is 15.5. The summed E-state index contributed by atoms with van der Waals surface area (Å²) in [4.78, 5) is 12.1. The maximum atomic E-state index is 12.1. The van der Waals surface area contributed by atoms with Gasteiger partial charge in [-0.15, -0.1) is 0 Å². The van der Waals surface area contributed by atoms with Gasteiger partial charge in [0.2, 0.25) is 5.91 Å². The van der Waals surface area contributed by atoms with Crippen molar-refractivity contribution >= 4 is 21.4 Å². The van der Waals surface area contributed by atoms with Crippen LogP contribution < -0.4 is 10.1 Å². The molecule has 1 unspecified atom stereocenters. The number of benzene rings is 1. The summed E-state index contributed by atoms with van der Waals surface area (Å²) in [6.07, 6.45) is 1.28. The molecule has 116 valence electrons. The second-order valence-electron chi connectivity index (χ2n) is 5.63. The molecule has 0 spiro atoms. The highest BCUT2D eigenvalue weighted by Gasteiger charge is 2.29. The molecule has 0 radical (unpaired) electrons. The number of carbonyl (C=O) groups is 1. The molecule has 1 aromatic carbocycles. The van der Waals surface area contributed by atoms with E-state index in [1.807, 2.05) is 13.8 Å². The van der Waals surface area contributed by atoms with E-state index in [0.29, 0.717) is 18.5 Å². The summed E-state index contributed by atoms with van der Waals surface area (Å²) in [5.74, 6) is 0.208. The van der Waals surface area contributed by atoms with Crippen molar-refractivity contribution in [3.63, 3.8) is 0 Å². The van der Waals surface area contributed by atoms with E-state index in [1.165, 1.54) is 0 Å². The first kappa shape index (κ1) is 15.8. The fourth-order valence-corrected chi connectivity index (χ4v) is 4.07. The van der Waals surface area contributed by atoms with Gasteiger partial charge in [-0.25, -0.2) is 8.42 Å². The third-order valence-corrected chi connectivity index (χ3v) is 5.15. The smallest absolute Gasteiger partial charge is 0.228 e. The Labute approximate surface area is 125 Å². The van der Waals surface area contributed by atoms with Crippen LogP contribution in [0.4, 0.5) is 5.69 Å². The quantitative estimate of drug-likeness (QED) is 0.925. The maximum Gasteiger partial charge on any atom is 0.228 e. The normalized spacial score (nSPS) is 21.0. The summed E-state index contributed by atoms with van der Waals surface area (Å²) < 4.78 is 28.7. The fraction of sp³-hybridized carbons (Fsp3) is 0.533. The first-order valence-corrected chi connectivity index (χ1v) is 8.96. The number of nitrogens with one attached hydrogen (secondary N) is 1. The van der Waals surface area contributed by atoms with E-state index in [9.17, 15) is 13.2 Å². The summed E-state index contributed by atoms with van der Waals surface area (Å²) in [5.41, 5.74) is 0.652. The standard InChI is InChI=1S/C15H21NO4S/c1-11(2)20-14-7-5-13(6-8-14)16-15(17)12-4-3-9-21(18,19)10-12/h5-8,11-12H,3-4,9-10H2,1-2H3,(H,16,17). The van der Waals surface area contributed by atoms with Gasteiger partial charge in [0, 0.05) is 5.69 Å². The van der Waals surface area contributed by atoms with E-state index in [4.69, 9.17) is 4.74 Å². The number of ether oxygens (including phenoxy) is 1. The van der Waals surface area contributed by atoms with Crippen molar-refractivity contribution in [2.45, 2.75) is 32.8 Å². The van der Waals surface area contributed by atoms with Crippen molar-refractivity contribution in [1.29, 1.82) is 0 Å². The Kier molecular flexibility index (Phi) is 4.88. The Hall–Kier alpha value is -1.56. The SMILES string of the molecule is CC(C)Oc1ccc(NC(=O)C2CCCS(=O)(=O)C2)cc1. The molecule has 2 rings (SSSR count). The Morgan fingerprint density at radius 3 is 2.52 bits per heavy atom. The van der Waals surface area contributed by atoms with E-state index < -0.39 is 15.8 Å². The highest BCUT2D eigenvalue weighted by Crippen LogP contribution is 2.21. The van der Waals surface area contributed by atoms with E-state index in [0.717, 1.165) is 5.75 Å². The van der Waals surface area contributed by atoms with Crippen molar-refractivity contribution in [3.05, 3.63) is 24.3 Å². The van der Waals surface area contributed by atoms with E-state index in [1.54, 1.807) is 24.3 Å². The van der Waals surface area contributed by atoms with Crippen LogP contribution in [-0.2, 0) is 14.6 Å². The van der Waals surface area contributed by atoms with Crippen LogP contribution in [0.25, 0.3) is 0 Å². The molecule has 1 heterocycles. The Balaban J connectivity index is 1.96. The minimum absolute atomic E-state index is 0.0482. The van der Waals surface area contributed by atoms with E-state index in [2.05, 4.69) is 5.32 Å². The van der Waals surface area contributed by atoms with E-state index >= 15 is 0 Å². The minimum Gasteiger partial charge on any atom is -0.491 e. The van der Waals surface area contributed by atoms with Crippen molar-refractivity contribution in [3.8, 4) is 5.75 Å². The van der Waals surface area contributed by atoms with Crippen molar-refractivity contribution in [1.82, 2.24) is 0 Å². The largest absolute Gasteiger partial charge is 0.491 e. The second kappa shape index (κ2) is 6.47. The minimum atomic E-state index is -3.07. The molecule has 1 N–H and O–H groups in total. The number of hydrogen-bond donors (Lipinski definition) is 1. The lowest BCUT2D eigenvalue weighted by Gasteiger charge is -2.21. The first-order chi connectivity index (χ1) is 9.85. The monoisotopic (exact) mass is 311 g/mol. The van der Waals surface area contributed by atoms with Gasteiger partial charge in [0.05, 0.1) is 23.5 Å². The van der Waals surface area contributed by atoms with Crippen LogP contribution >= 0.6 is 0 Å². The average Bonchev–Trinajstić information content (AvgIpc) is 2.39. The van der Waals surface area contributed by atoms with Gasteiger partial charge in [-0.2, -0.15) is 0 Å². The number of anilines is 1. The third kappa shape index (κ3) is 4.74. The first-order valence-electron chi connectivity index (χ1n) is 7.14. The maximum absolute atomic E-state index is 12.1. The lowest BCUT2D eigenvalue weighted by molar-refractivity contribution is -0.119. The van der Waals surface area contributed by atoms with Gasteiger partial charge < -0.3 is 10.1 Å². The van der Waals surface area contributed by atoms with Crippen LogP contribution in [0.15, 0.2) is 24.3 Å². The summed E-state index contributed by atoms with van der Waals surface area (Å²) in [5, 5.41) is 2.77. The molecule has 1 aliphatic rings. The number of hydrogen-bond acceptors (Lipinski definition) is 4. The molecular weight excluding hydrogens is 290 g/mol. The molecule has 1 amide bonds. The highest BCUT2D eigenvalue weighted by molar-refractivity contribution is 7.91. The number of rotatable bonds is 4. The summed E-state index contributed by atoms with van der Waals surface area (Å²) in [7, 11) is -3.07. The summed E-state index contributed by atoms with van der Waals surface area (Å²) in [6, 6.07) is 7.08. The predicted molar refractivity (Wildman–Crippen MR) is 82.2 cm³/mol. The van der Waals surface area contributed by atoms with E-state index in [-0.39, 0.29) is 23.5 Å². The molecule has 0 saturated carbocycles. The van der Waals surface area contributed by atoms with Gasteiger partial charge in [0.15, 0.2) is 9.84 Å². The summed E-state index contributed by atoms with van der Waals surface area (Å²) >= 11 is 0.